The van der Waals surface area contributed by atoms with Gasteiger partial charge in [0, 0.05) is 17.1 Å². The number of carbonyl (C=O) groups is 2. The maximum absolute atomic E-state index is 13.3. The summed E-state index contributed by atoms with van der Waals surface area (Å²) >= 11 is 9.49. The Labute approximate surface area is 195 Å². The lowest BCUT2D eigenvalue weighted by atomic mass is 10.1. The molecule has 0 radical (unpaired) electrons. The highest BCUT2D eigenvalue weighted by molar-refractivity contribution is 9.10. The summed E-state index contributed by atoms with van der Waals surface area (Å²) in [5.41, 5.74) is 0.719. The monoisotopic (exact) mass is 510 g/mol. The van der Waals surface area contributed by atoms with Crippen LogP contribution in [0.25, 0.3) is 0 Å². The molecule has 0 spiro atoms. The highest BCUT2D eigenvalue weighted by Crippen LogP contribution is 2.28. The lowest BCUT2D eigenvalue weighted by Gasteiger charge is -2.29. The Morgan fingerprint density at radius 2 is 1.90 bits per heavy atom. The van der Waals surface area contributed by atoms with Gasteiger partial charge in [-0.1, -0.05) is 52.5 Å². The van der Waals surface area contributed by atoms with Gasteiger partial charge in [0.2, 0.25) is 5.91 Å². The molecule has 1 atom stereocenters. The summed E-state index contributed by atoms with van der Waals surface area (Å²) in [6.07, 6.45) is 4.10. The fourth-order valence-electron chi connectivity index (χ4n) is 3.58. The van der Waals surface area contributed by atoms with Crippen molar-refractivity contribution in [3.63, 3.8) is 0 Å². The van der Waals surface area contributed by atoms with Gasteiger partial charge in [0.25, 0.3) is 5.91 Å². The fourth-order valence-corrected chi connectivity index (χ4v) is 4.30. The van der Waals surface area contributed by atoms with Crippen LogP contribution in [0.2, 0.25) is 5.02 Å². The predicted octanol–water partition coefficient (Wildman–Crippen LogP) is 5.10. The Kier molecular flexibility index (Phi) is 8.32. The van der Waals surface area contributed by atoms with Crippen molar-refractivity contribution in [2.75, 3.05) is 6.61 Å². The number of nitrogens with one attached hydrogen (secondary N) is 1. The molecule has 2 amide bonds. The van der Waals surface area contributed by atoms with Crippen molar-refractivity contribution in [2.24, 2.45) is 0 Å². The number of hydrogen-bond acceptors (Lipinski definition) is 3. The molecule has 1 aliphatic carbocycles. The van der Waals surface area contributed by atoms with Gasteiger partial charge in [0.05, 0.1) is 5.02 Å². The minimum atomic E-state index is -0.706. The molecule has 5 nitrogen and oxygen atoms in total. The summed E-state index contributed by atoms with van der Waals surface area (Å²) in [7, 11) is 0. The van der Waals surface area contributed by atoms with E-state index in [1.54, 1.807) is 37.3 Å². The molecule has 31 heavy (non-hydrogen) atoms. The second kappa shape index (κ2) is 11.0. The van der Waals surface area contributed by atoms with Crippen molar-refractivity contribution < 1.29 is 18.7 Å². The van der Waals surface area contributed by atoms with Crippen LogP contribution in [-0.2, 0) is 16.1 Å². The predicted molar refractivity (Wildman–Crippen MR) is 121 cm³/mol. The lowest BCUT2D eigenvalue weighted by molar-refractivity contribution is -0.142. The first-order chi connectivity index (χ1) is 14.8. The highest BCUT2D eigenvalue weighted by Gasteiger charge is 2.28. The zero-order valence-electron chi connectivity index (χ0n) is 17.2. The van der Waals surface area contributed by atoms with Gasteiger partial charge in [0.15, 0.2) is 6.61 Å². The van der Waals surface area contributed by atoms with Gasteiger partial charge in [0.1, 0.15) is 17.6 Å². The van der Waals surface area contributed by atoms with E-state index in [2.05, 4.69) is 21.2 Å². The highest BCUT2D eigenvalue weighted by atomic mass is 79.9. The van der Waals surface area contributed by atoms with E-state index in [1.807, 2.05) is 0 Å². The van der Waals surface area contributed by atoms with Crippen LogP contribution >= 0.6 is 27.5 Å². The van der Waals surface area contributed by atoms with E-state index < -0.39 is 6.04 Å². The van der Waals surface area contributed by atoms with Crippen molar-refractivity contribution in [3.8, 4) is 5.75 Å². The average Bonchev–Trinajstić information content (AvgIpc) is 3.25. The van der Waals surface area contributed by atoms with Crippen molar-refractivity contribution in [1.82, 2.24) is 10.2 Å². The Hall–Kier alpha value is -2.12. The third-order valence-electron chi connectivity index (χ3n) is 5.38. The molecule has 8 heteroatoms. The maximum Gasteiger partial charge on any atom is 0.261 e. The average molecular weight is 512 g/mol. The fraction of sp³-hybridized carbons (Fsp3) is 0.391. The molecule has 1 aliphatic rings. The summed E-state index contributed by atoms with van der Waals surface area (Å²) < 4.78 is 19.7. The molecule has 2 aromatic rings. The van der Waals surface area contributed by atoms with Crippen LogP contribution in [0.3, 0.4) is 0 Å². The number of halogens is 3. The van der Waals surface area contributed by atoms with Crippen molar-refractivity contribution in [3.05, 3.63) is 63.3 Å². The maximum atomic E-state index is 13.3. The number of rotatable bonds is 8. The summed E-state index contributed by atoms with van der Waals surface area (Å²) in [5.74, 6) is -0.550. The minimum absolute atomic E-state index is 0.149. The first-order valence-corrected chi connectivity index (χ1v) is 11.4. The molecule has 0 heterocycles. The Bertz CT molecular complexity index is 920. The Morgan fingerprint density at radius 1 is 1.23 bits per heavy atom. The molecule has 1 fully saturated rings. The van der Waals surface area contributed by atoms with Gasteiger partial charge in [-0.25, -0.2) is 4.39 Å². The molecule has 166 valence electrons. The Morgan fingerprint density at radius 3 is 2.55 bits per heavy atom. The molecular weight excluding hydrogens is 487 g/mol. The van der Waals surface area contributed by atoms with Gasteiger partial charge in [-0.3, -0.25) is 9.59 Å². The van der Waals surface area contributed by atoms with E-state index in [1.165, 1.54) is 17.0 Å². The van der Waals surface area contributed by atoms with E-state index >= 15 is 0 Å². The van der Waals surface area contributed by atoms with Crippen LogP contribution in [0.1, 0.15) is 38.2 Å². The second-order valence-electron chi connectivity index (χ2n) is 7.68. The van der Waals surface area contributed by atoms with Crippen LogP contribution in [0, 0.1) is 5.82 Å². The summed E-state index contributed by atoms with van der Waals surface area (Å²) in [4.78, 5) is 27.3. The molecule has 3 rings (SSSR count). The van der Waals surface area contributed by atoms with E-state index in [-0.39, 0.29) is 36.8 Å². The van der Waals surface area contributed by atoms with E-state index in [9.17, 15) is 14.0 Å². The van der Waals surface area contributed by atoms with Crippen LogP contribution in [0.4, 0.5) is 4.39 Å². The van der Waals surface area contributed by atoms with Crippen molar-refractivity contribution in [2.45, 2.75) is 51.2 Å². The van der Waals surface area contributed by atoms with Crippen LogP contribution < -0.4 is 10.1 Å². The van der Waals surface area contributed by atoms with Gasteiger partial charge < -0.3 is 15.0 Å². The number of amides is 2. The number of benzene rings is 2. The smallest absolute Gasteiger partial charge is 0.261 e. The first-order valence-electron chi connectivity index (χ1n) is 10.3. The molecule has 1 unspecified atom stereocenters. The van der Waals surface area contributed by atoms with E-state index in [0.29, 0.717) is 10.8 Å². The molecule has 1 N–H and O–H groups in total. The number of hydrogen-bond donors (Lipinski definition) is 1. The summed E-state index contributed by atoms with van der Waals surface area (Å²) in [6.45, 7) is 1.58. The molecule has 2 aromatic carbocycles. The molecule has 1 saturated carbocycles. The number of carbonyl (C=O) groups excluding carboxylic acids is 2. The van der Waals surface area contributed by atoms with Gasteiger partial charge in [-0.2, -0.15) is 0 Å². The standard InChI is InChI=1S/C23H25BrClFN2O3/c1-15(23(30)27-19-4-2-3-5-19)28(13-16-6-9-18(26)10-7-16)22(29)14-31-21-11-8-17(24)12-20(21)25/h6-12,15,19H,2-5,13-14H2,1H3,(H,27,30). The van der Waals surface area contributed by atoms with Crippen LogP contribution in [0.15, 0.2) is 46.9 Å². The molecule has 0 bridgehead atoms. The lowest BCUT2D eigenvalue weighted by Crippen LogP contribution is -2.50. The van der Waals surface area contributed by atoms with Crippen molar-refractivity contribution >= 4 is 39.3 Å². The summed E-state index contributed by atoms with van der Waals surface area (Å²) in [5, 5.41) is 3.41. The second-order valence-corrected chi connectivity index (χ2v) is 9.00. The summed E-state index contributed by atoms with van der Waals surface area (Å²) in [6, 6.07) is 10.4. The third-order valence-corrected chi connectivity index (χ3v) is 6.17. The van der Waals surface area contributed by atoms with E-state index in [0.717, 1.165) is 35.7 Å². The molecule has 0 saturated heterocycles. The van der Waals surface area contributed by atoms with Crippen molar-refractivity contribution in [1.29, 1.82) is 0 Å². The number of ether oxygens (including phenoxy) is 1. The van der Waals surface area contributed by atoms with Gasteiger partial charge in [-0.15, -0.1) is 0 Å². The molecule has 0 aliphatic heterocycles. The first kappa shape index (κ1) is 23.5. The SMILES string of the molecule is CC(C(=O)NC1CCCC1)N(Cc1ccc(F)cc1)C(=O)COc1ccc(Br)cc1Cl. The minimum Gasteiger partial charge on any atom is -0.482 e. The zero-order valence-corrected chi connectivity index (χ0v) is 19.6. The van der Waals surface area contributed by atoms with E-state index in [4.69, 9.17) is 16.3 Å². The Balaban J connectivity index is 1.72. The van der Waals surface area contributed by atoms with Crippen LogP contribution in [0.5, 0.6) is 5.75 Å². The quantitative estimate of drug-likeness (QED) is 0.537. The largest absolute Gasteiger partial charge is 0.482 e. The van der Waals surface area contributed by atoms with Crippen LogP contribution in [-0.4, -0.2) is 35.4 Å². The molecular formula is C23H25BrClFN2O3. The topological polar surface area (TPSA) is 58.6 Å². The van der Waals surface area contributed by atoms with Gasteiger partial charge in [-0.05, 0) is 55.7 Å². The number of nitrogens with zero attached hydrogens (tertiary/aromatic N) is 1. The zero-order chi connectivity index (χ0) is 22.4. The van der Waals surface area contributed by atoms with Gasteiger partial charge >= 0.3 is 0 Å². The third kappa shape index (κ3) is 6.68. The molecule has 0 aromatic heterocycles. The normalized spacial score (nSPS) is 14.8.